The summed E-state index contributed by atoms with van der Waals surface area (Å²) in [4.78, 5) is 11.5. The zero-order valence-corrected chi connectivity index (χ0v) is 9.01. The van der Waals surface area contributed by atoms with Crippen LogP contribution in [0.2, 0.25) is 0 Å². The molecule has 1 fully saturated rings. The first-order valence-electron chi connectivity index (χ1n) is 5.33. The SMILES string of the molecule is CC(C)OCCNC(=O)C1CCCN1. The molecule has 1 amide bonds. The summed E-state index contributed by atoms with van der Waals surface area (Å²) in [5.41, 5.74) is 0. The van der Waals surface area contributed by atoms with Crippen LogP contribution in [-0.4, -0.2) is 37.7 Å². The summed E-state index contributed by atoms with van der Waals surface area (Å²) in [5.74, 6) is 0.106. The Labute approximate surface area is 85.4 Å². The highest BCUT2D eigenvalue weighted by Gasteiger charge is 2.20. The van der Waals surface area contributed by atoms with Gasteiger partial charge in [-0.05, 0) is 33.2 Å². The van der Waals surface area contributed by atoms with E-state index in [0.717, 1.165) is 19.4 Å². The third-order valence-corrected chi connectivity index (χ3v) is 2.23. The second kappa shape index (κ2) is 5.98. The maximum Gasteiger partial charge on any atom is 0.237 e. The van der Waals surface area contributed by atoms with Crippen LogP contribution in [-0.2, 0) is 9.53 Å². The van der Waals surface area contributed by atoms with Crippen molar-refractivity contribution in [2.24, 2.45) is 0 Å². The zero-order valence-electron chi connectivity index (χ0n) is 9.01. The lowest BCUT2D eigenvalue weighted by Gasteiger charge is -2.12. The molecule has 1 atom stereocenters. The Bertz CT molecular complexity index is 177. The molecule has 1 heterocycles. The van der Waals surface area contributed by atoms with Crippen molar-refractivity contribution in [2.45, 2.75) is 38.8 Å². The highest BCUT2D eigenvalue weighted by molar-refractivity contribution is 5.81. The molecule has 1 unspecified atom stereocenters. The van der Waals surface area contributed by atoms with Crippen molar-refractivity contribution in [1.29, 1.82) is 0 Å². The van der Waals surface area contributed by atoms with Crippen molar-refractivity contribution in [1.82, 2.24) is 10.6 Å². The molecule has 14 heavy (non-hydrogen) atoms. The molecule has 82 valence electrons. The molecular weight excluding hydrogens is 180 g/mol. The van der Waals surface area contributed by atoms with Crippen molar-refractivity contribution in [3.8, 4) is 0 Å². The minimum Gasteiger partial charge on any atom is -0.377 e. The van der Waals surface area contributed by atoms with Crippen LogP contribution in [0.1, 0.15) is 26.7 Å². The Balaban J connectivity index is 2.03. The highest BCUT2D eigenvalue weighted by atomic mass is 16.5. The monoisotopic (exact) mass is 200 g/mol. The molecule has 0 aromatic heterocycles. The molecule has 0 saturated carbocycles. The van der Waals surface area contributed by atoms with Gasteiger partial charge in [0.1, 0.15) is 0 Å². The summed E-state index contributed by atoms with van der Waals surface area (Å²) < 4.78 is 5.32. The zero-order chi connectivity index (χ0) is 10.4. The van der Waals surface area contributed by atoms with Gasteiger partial charge in [-0.1, -0.05) is 0 Å². The van der Waals surface area contributed by atoms with Gasteiger partial charge in [0.2, 0.25) is 5.91 Å². The van der Waals surface area contributed by atoms with E-state index in [9.17, 15) is 4.79 Å². The molecule has 0 bridgehead atoms. The number of rotatable bonds is 5. The molecule has 1 rings (SSSR count). The molecule has 4 nitrogen and oxygen atoms in total. The summed E-state index contributed by atoms with van der Waals surface area (Å²) in [5, 5.41) is 6.01. The topological polar surface area (TPSA) is 50.4 Å². The summed E-state index contributed by atoms with van der Waals surface area (Å²) >= 11 is 0. The third kappa shape index (κ3) is 4.07. The van der Waals surface area contributed by atoms with Crippen LogP contribution in [0.5, 0.6) is 0 Å². The van der Waals surface area contributed by atoms with Gasteiger partial charge in [0.25, 0.3) is 0 Å². The van der Waals surface area contributed by atoms with Gasteiger partial charge in [-0.15, -0.1) is 0 Å². The van der Waals surface area contributed by atoms with Crippen molar-refractivity contribution in [2.75, 3.05) is 19.7 Å². The Morgan fingerprint density at radius 2 is 2.43 bits per heavy atom. The number of hydrogen-bond acceptors (Lipinski definition) is 3. The third-order valence-electron chi connectivity index (χ3n) is 2.23. The number of amides is 1. The second-order valence-electron chi connectivity index (χ2n) is 3.86. The van der Waals surface area contributed by atoms with E-state index in [1.807, 2.05) is 13.8 Å². The Kier molecular flexibility index (Phi) is 4.90. The van der Waals surface area contributed by atoms with Crippen LogP contribution >= 0.6 is 0 Å². The largest absolute Gasteiger partial charge is 0.377 e. The number of carbonyl (C=O) groups is 1. The maximum atomic E-state index is 11.5. The minimum absolute atomic E-state index is 0.0223. The summed E-state index contributed by atoms with van der Waals surface area (Å²) in [7, 11) is 0. The van der Waals surface area contributed by atoms with Gasteiger partial charge in [-0.25, -0.2) is 0 Å². The maximum absolute atomic E-state index is 11.5. The summed E-state index contributed by atoms with van der Waals surface area (Å²) in [6.45, 7) is 6.13. The lowest BCUT2D eigenvalue weighted by molar-refractivity contribution is -0.123. The Morgan fingerprint density at radius 3 is 3.00 bits per heavy atom. The lowest BCUT2D eigenvalue weighted by atomic mass is 10.2. The average Bonchev–Trinajstić information content (AvgIpc) is 2.64. The van der Waals surface area contributed by atoms with Gasteiger partial charge in [0.15, 0.2) is 0 Å². The Hall–Kier alpha value is -0.610. The van der Waals surface area contributed by atoms with Crippen molar-refractivity contribution < 1.29 is 9.53 Å². The first kappa shape index (κ1) is 11.5. The molecule has 2 N–H and O–H groups in total. The van der Waals surface area contributed by atoms with Crippen molar-refractivity contribution in [3.63, 3.8) is 0 Å². The van der Waals surface area contributed by atoms with E-state index < -0.39 is 0 Å². The quantitative estimate of drug-likeness (QED) is 0.627. The number of ether oxygens (including phenoxy) is 1. The van der Waals surface area contributed by atoms with Gasteiger partial charge in [-0.2, -0.15) is 0 Å². The highest BCUT2D eigenvalue weighted by Crippen LogP contribution is 2.03. The molecule has 1 aliphatic rings. The van der Waals surface area contributed by atoms with Gasteiger partial charge in [-0.3, -0.25) is 4.79 Å². The average molecular weight is 200 g/mol. The molecule has 0 aliphatic carbocycles. The van der Waals surface area contributed by atoms with E-state index in [1.165, 1.54) is 0 Å². The molecule has 1 aliphatic heterocycles. The molecule has 0 spiro atoms. The smallest absolute Gasteiger partial charge is 0.237 e. The van der Waals surface area contributed by atoms with E-state index in [1.54, 1.807) is 0 Å². The molecule has 0 radical (unpaired) electrons. The molecular formula is C10H20N2O2. The first-order valence-corrected chi connectivity index (χ1v) is 5.33. The van der Waals surface area contributed by atoms with Gasteiger partial charge in [0, 0.05) is 6.54 Å². The van der Waals surface area contributed by atoms with E-state index in [-0.39, 0.29) is 18.1 Å². The van der Waals surface area contributed by atoms with Crippen LogP contribution < -0.4 is 10.6 Å². The van der Waals surface area contributed by atoms with Crippen LogP contribution in [0.4, 0.5) is 0 Å². The molecule has 1 saturated heterocycles. The fraction of sp³-hybridized carbons (Fsp3) is 0.900. The normalized spacial score (nSPS) is 21.5. The molecule has 0 aromatic rings. The standard InChI is InChI=1S/C10H20N2O2/c1-8(2)14-7-6-12-10(13)9-4-3-5-11-9/h8-9,11H,3-7H2,1-2H3,(H,12,13). The van der Waals surface area contributed by atoms with Gasteiger partial charge in [0.05, 0.1) is 18.8 Å². The van der Waals surface area contributed by atoms with E-state index in [0.29, 0.717) is 13.2 Å². The second-order valence-corrected chi connectivity index (χ2v) is 3.86. The fourth-order valence-corrected chi connectivity index (χ4v) is 1.50. The van der Waals surface area contributed by atoms with Crippen molar-refractivity contribution >= 4 is 5.91 Å². The first-order chi connectivity index (χ1) is 6.70. The van der Waals surface area contributed by atoms with Gasteiger partial charge < -0.3 is 15.4 Å². The van der Waals surface area contributed by atoms with Gasteiger partial charge >= 0.3 is 0 Å². The number of carbonyl (C=O) groups excluding carboxylic acids is 1. The van der Waals surface area contributed by atoms with Crippen LogP contribution in [0, 0.1) is 0 Å². The predicted molar refractivity (Wildman–Crippen MR) is 55.1 cm³/mol. The summed E-state index contributed by atoms with van der Waals surface area (Å²) in [6.07, 6.45) is 2.29. The number of hydrogen-bond donors (Lipinski definition) is 2. The van der Waals surface area contributed by atoms with E-state index >= 15 is 0 Å². The number of nitrogens with one attached hydrogen (secondary N) is 2. The minimum atomic E-state index is 0.0223. The van der Waals surface area contributed by atoms with Crippen LogP contribution in [0.25, 0.3) is 0 Å². The van der Waals surface area contributed by atoms with Crippen molar-refractivity contribution in [3.05, 3.63) is 0 Å². The Morgan fingerprint density at radius 1 is 1.64 bits per heavy atom. The van der Waals surface area contributed by atoms with E-state index in [2.05, 4.69) is 10.6 Å². The molecule has 0 aromatic carbocycles. The fourth-order valence-electron chi connectivity index (χ4n) is 1.50. The van der Waals surface area contributed by atoms with Crippen LogP contribution in [0.15, 0.2) is 0 Å². The summed E-state index contributed by atoms with van der Waals surface area (Å²) in [6, 6.07) is 0.0223. The molecule has 4 heteroatoms. The predicted octanol–water partition coefficient (Wildman–Crippen LogP) is 0.280. The lowest BCUT2D eigenvalue weighted by Crippen LogP contribution is -2.41. The van der Waals surface area contributed by atoms with Crippen LogP contribution in [0.3, 0.4) is 0 Å². The van der Waals surface area contributed by atoms with E-state index in [4.69, 9.17) is 4.74 Å².